The molecule has 0 amide bonds. The maximum Gasteiger partial charge on any atom is 0.341 e. The number of methoxy groups -OCH3 is 1. The molecule has 3 aromatic rings. The van der Waals surface area contributed by atoms with E-state index in [1.165, 1.54) is 25.3 Å². The van der Waals surface area contributed by atoms with Gasteiger partial charge in [-0.15, -0.1) is 0 Å². The predicted molar refractivity (Wildman–Crippen MR) is 93.9 cm³/mol. The molecule has 0 bridgehead atoms. The lowest BCUT2D eigenvalue weighted by molar-refractivity contribution is 0.0523. The van der Waals surface area contributed by atoms with Gasteiger partial charge in [0.05, 0.1) is 30.3 Å². The molecule has 7 heteroatoms. The van der Waals surface area contributed by atoms with Crippen molar-refractivity contribution in [3.05, 3.63) is 58.8 Å². The van der Waals surface area contributed by atoms with Gasteiger partial charge in [0, 0.05) is 11.6 Å². The van der Waals surface area contributed by atoms with Gasteiger partial charge in [-0.2, -0.15) is 5.10 Å². The fourth-order valence-electron chi connectivity index (χ4n) is 2.61. The molecule has 0 fully saturated rings. The first-order valence-corrected chi connectivity index (χ1v) is 7.90. The number of nitrogens with one attached hydrogen (secondary N) is 1. The first-order valence-electron chi connectivity index (χ1n) is 7.90. The number of halogens is 2. The topological polar surface area (TPSA) is 64.2 Å². The zero-order valence-corrected chi connectivity index (χ0v) is 14.2. The maximum absolute atomic E-state index is 13.8. The third-order valence-electron chi connectivity index (χ3n) is 3.79. The molecule has 3 rings (SSSR count). The average Bonchev–Trinajstić information content (AvgIpc) is 3.03. The second-order valence-corrected chi connectivity index (χ2v) is 5.40. The molecule has 1 aromatic heterocycles. The number of aromatic nitrogens is 2. The van der Waals surface area contributed by atoms with Gasteiger partial charge in [-0.3, -0.25) is 5.10 Å². The van der Waals surface area contributed by atoms with Crippen molar-refractivity contribution in [3.63, 3.8) is 0 Å². The van der Waals surface area contributed by atoms with E-state index in [0.717, 1.165) is 6.07 Å². The molecule has 1 N–H and O–H groups in total. The Labute approximate surface area is 148 Å². The summed E-state index contributed by atoms with van der Waals surface area (Å²) in [6.07, 6.45) is 3.04. The normalized spacial score (nSPS) is 11.2. The number of hydrogen-bond donors (Lipinski definition) is 1. The molecule has 0 saturated heterocycles. The Bertz CT molecular complexity index is 996. The van der Waals surface area contributed by atoms with E-state index in [0.29, 0.717) is 22.3 Å². The number of rotatable bonds is 5. The molecule has 0 spiro atoms. The molecule has 0 saturated carbocycles. The molecule has 26 heavy (non-hydrogen) atoms. The number of H-pyrrole nitrogens is 1. The molecule has 0 aliphatic carbocycles. The van der Waals surface area contributed by atoms with Crippen LogP contribution in [0.3, 0.4) is 0 Å². The number of nitrogens with zero attached hydrogens (tertiary/aromatic N) is 1. The van der Waals surface area contributed by atoms with Gasteiger partial charge in [-0.05, 0) is 43.3 Å². The van der Waals surface area contributed by atoms with E-state index in [1.807, 2.05) is 0 Å². The molecule has 0 radical (unpaired) electrons. The van der Waals surface area contributed by atoms with E-state index in [-0.39, 0.29) is 17.7 Å². The van der Waals surface area contributed by atoms with Crippen LogP contribution in [0.25, 0.3) is 23.1 Å². The summed E-state index contributed by atoms with van der Waals surface area (Å²) in [5.41, 5.74) is 1.58. The van der Waals surface area contributed by atoms with Gasteiger partial charge in [-0.25, -0.2) is 13.6 Å². The molecule has 134 valence electrons. The number of ether oxygens (including phenoxy) is 2. The Hall–Kier alpha value is -3.22. The van der Waals surface area contributed by atoms with Crippen LogP contribution in [0.2, 0.25) is 0 Å². The van der Waals surface area contributed by atoms with Crippen molar-refractivity contribution in [1.82, 2.24) is 10.2 Å². The molecule has 5 nitrogen and oxygen atoms in total. The Balaban J connectivity index is 2.07. The Kier molecular flexibility index (Phi) is 4.97. The minimum absolute atomic E-state index is 0.211. The minimum atomic E-state index is -0.680. The van der Waals surface area contributed by atoms with Crippen molar-refractivity contribution in [1.29, 1.82) is 0 Å². The van der Waals surface area contributed by atoms with Crippen LogP contribution >= 0.6 is 0 Å². The van der Waals surface area contributed by atoms with E-state index in [9.17, 15) is 13.6 Å². The van der Waals surface area contributed by atoms with Crippen molar-refractivity contribution in [2.75, 3.05) is 13.7 Å². The van der Waals surface area contributed by atoms with Crippen molar-refractivity contribution >= 4 is 29.0 Å². The van der Waals surface area contributed by atoms with E-state index in [2.05, 4.69) is 10.2 Å². The van der Waals surface area contributed by atoms with Gasteiger partial charge in [-0.1, -0.05) is 0 Å². The maximum atomic E-state index is 13.8. The van der Waals surface area contributed by atoms with Crippen LogP contribution in [0, 0.1) is 11.6 Å². The smallest absolute Gasteiger partial charge is 0.341 e. The molecule has 0 aliphatic heterocycles. The number of carbonyl (C=O) groups excluding carboxylic acids is 1. The lowest BCUT2D eigenvalue weighted by Gasteiger charge is -2.09. The lowest BCUT2D eigenvalue weighted by atomic mass is 10.1. The van der Waals surface area contributed by atoms with E-state index in [1.54, 1.807) is 25.1 Å². The van der Waals surface area contributed by atoms with Gasteiger partial charge in [0.1, 0.15) is 22.9 Å². The summed E-state index contributed by atoms with van der Waals surface area (Å²) in [6, 6.07) is 6.58. The van der Waals surface area contributed by atoms with Gasteiger partial charge >= 0.3 is 5.97 Å². The third-order valence-corrected chi connectivity index (χ3v) is 3.79. The lowest BCUT2D eigenvalue weighted by Crippen LogP contribution is -2.07. The molecular formula is C19H16F2N2O3. The second kappa shape index (κ2) is 7.35. The molecule has 0 aliphatic rings. The van der Waals surface area contributed by atoms with Crippen LogP contribution in [0.4, 0.5) is 8.78 Å². The fourth-order valence-corrected chi connectivity index (χ4v) is 2.61. The predicted octanol–water partition coefficient (Wildman–Crippen LogP) is 4.20. The summed E-state index contributed by atoms with van der Waals surface area (Å²) in [4.78, 5) is 12.1. The number of carbonyl (C=O) groups is 1. The molecule has 0 atom stereocenters. The van der Waals surface area contributed by atoms with Gasteiger partial charge in [0.15, 0.2) is 0 Å². The van der Waals surface area contributed by atoms with Crippen molar-refractivity contribution in [2.24, 2.45) is 0 Å². The Morgan fingerprint density at radius 2 is 2.04 bits per heavy atom. The molecule has 1 heterocycles. The van der Waals surface area contributed by atoms with E-state index < -0.39 is 17.6 Å². The fraction of sp³-hybridized carbons (Fsp3) is 0.158. The number of aromatic amines is 1. The highest BCUT2D eigenvalue weighted by Gasteiger charge is 2.19. The van der Waals surface area contributed by atoms with Crippen LogP contribution in [0.15, 0.2) is 30.3 Å². The van der Waals surface area contributed by atoms with Crippen LogP contribution in [0.5, 0.6) is 5.75 Å². The number of esters is 1. The monoisotopic (exact) mass is 358 g/mol. The third kappa shape index (κ3) is 3.28. The van der Waals surface area contributed by atoms with Crippen molar-refractivity contribution in [2.45, 2.75) is 6.92 Å². The quantitative estimate of drug-likeness (QED) is 0.695. The summed E-state index contributed by atoms with van der Waals surface area (Å²) in [6.45, 7) is 1.95. The number of fused-ring (bicyclic) bond motifs is 1. The highest BCUT2D eigenvalue weighted by atomic mass is 19.1. The largest absolute Gasteiger partial charge is 0.495 e. The van der Waals surface area contributed by atoms with Crippen LogP contribution in [-0.4, -0.2) is 29.9 Å². The van der Waals surface area contributed by atoms with Crippen LogP contribution < -0.4 is 4.74 Å². The Morgan fingerprint density at radius 3 is 2.73 bits per heavy atom. The van der Waals surface area contributed by atoms with Crippen molar-refractivity contribution in [3.8, 4) is 5.75 Å². The SMILES string of the molecule is CCOC(=O)c1ccc2[nH]nc(C=Cc3ccc(F)cc3F)c2c1OC. The zero-order chi connectivity index (χ0) is 18.7. The highest BCUT2D eigenvalue weighted by Crippen LogP contribution is 2.32. The number of hydrogen-bond acceptors (Lipinski definition) is 4. The van der Waals surface area contributed by atoms with Gasteiger partial charge < -0.3 is 9.47 Å². The number of benzene rings is 2. The summed E-state index contributed by atoms with van der Waals surface area (Å²) in [7, 11) is 1.44. The van der Waals surface area contributed by atoms with E-state index >= 15 is 0 Å². The summed E-state index contributed by atoms with van der Waals surface area (Å²) in [5.74, 6) is -1.52. The molecule has 0 unspecified atom stereocenters. The standard InChI is InChI=1S/C19H16F2N2O3/c1-3-26-19(24)13-7-9-16-17(18(13)25-2)15(22-23-16)8-5-11-4-6-12(20)10-14(11)21/h4-10H,3H2,1-2H3,(H,22,23). The summed E-state index contributed by atoms with van der Waals surface area (Å²) in [5, 5.41) is 7.57. The first-order chi connectivity index (χ1) is 12.5. The minimum Gasteiger partial charge on any atom is -0.495 e. The van der Waals surface area contributed by atoms with Crippen LogP contribution in [0.1, 0.15) is 28.5 Å². The summed E-state index contributed by atoms with van der Waals surface area (Å²) >= 11 is 0. The zero-order valence-electron chi connectivity index (χ0n) is 14.2. The second-order valence-electron chi connectivity index (χ2n) is 5.40. The molecule has 2 aromatic carbocycles. The van der Waals surface area contributed by atoms with E-state index in [4.69, 9.17) is 9.47 Å². The van der Waals surface area contributed by atoms with Crippen molar-refractivity contribution < 1.29 is 23.0 Å². The Morgan fingerprint density at radius 1 is 1.23 bits per heavy atom. The average molecular weight is 358 g/mol. The highest BCUT2D eigenvalue weighted by molar-refractivity contribution is 6.03. The van der Waals surface area contributed by atoms with Gasteiger partial charge in [0.25, 0.3) is 0 Å². The van der Waals surface area contributed by atoms with Crippen LogP contribution in [-0.2, 0) is 4.74 Å². The summed E-state index contributed by atoms with van der Waals surface area (Å²) < 4.78 is 37.2. The molecular weight excluding hydrogens is 342 g/mol. The first kappa shape index (κ1) is 17.6. The van der Waals surface area contributed by atoms with Gasteiger partial charge in [0.2, 0.25) is 0 Å².